The van der Waals surface area contributed by atoms with Gasteiger partial charge in [0.15, 0.2) is 0 Å². The summed E-state index contributed by atoms with van der Waals surface area (Å²) in [6.45, 7) is 1.97. The zero-order valence-corrected chi connectivity index (χ0v) is 12.2. The predicted molar refractivity (Wildman–Crippen MR) is 79.7 cm³/mol. The first-order chi connectivity index (χ1) is 10.1. The highest BCUT2D eigenvalue weighted by atomic mass is 32.1. The van der Waals surface area contributed by atoms with Crippen LogP contribution in [-0.4, -0.2) is 69.9 Å². The van der Waals surface area contributed by atoms with Gasteiger partial charge in [0.2, 0.25) is 0 Å². The fourth-order valence-electron chi connectivity index (χ4n) is 2.58. The van der Waals surface area contributed by atoms with Crippen LogP contribution in [-0.2, 0) is 4.79 Å². The van der Waals surface area contributed by atoms with Gasteiger partial charge >= 0.3 is 5.97 Å². The third-order valence-corrected chi connectivity index (χ3v) is 4.37. The minimum atomic E-state index is -0.877. The minimum absolute atomic E-state index is 0.0525. The number of aliphatic carboxylic acids is 1. The Bertz CT molecular complexity index is 647. The van der Waals surface area contributed by atoms with Crippen LogP contribution in [0.25, 0.3) is 10.2 Å². The molecular weight excluding hydrogens is 292 g/mol. The van der Waals surface area contributed by atoms with Crippen molar-refractivity contribution in [2.45, 2.75) is 6.10 Å². The topological polar surface area (TPSA) is 89.8 Å². The van der Waals surface area contributed by atoms with Gasteiger partial charge in [-0.1, -0.05) is 0 Å². The van der Waals surface area contributed by atoms with E-state index in [2.05, 4.69) is 9.97 Å². The second-order valence-electron chi connectivity index (χ2n) is 5.06. The van der Waals surface area contributed by atoms with Crippen molar-refractivity contribution >= 4 is 33.3 Å². The Kier molecular flexibility index (Phi) is 4.00. The van der Waals surface area contributed by atoms with Gasteiger partial charge in [0.05, 0.1) is 22.9 Å². The van der Waals surface area contributed by atoms with Crippen LogP contribution in [0.4, 0.5) is 5.82 Å². The highest BCUT2D eigenvalue weighted by Gasteiger charge is 2.24. The molecule has 2 aromatic rings. The molecule has 1 saturated heterocycles. The number of hydrogen-bond donors (Lipinski definition) is 2. The summed E-state index contributed by atoms with van der Waals surface area (Å²) in [6, 6.07) is 1.94. The van der Waals surface area contributed by atoms with E-state index in [9.17, 15) is 9.90 Å². The van der Waals surface area contributed by atoms with Gasteiger partial charge in [-0.2, -0.15) is 0 Å². The molecule has 3 heterocycles. The van der Waals surface area contributed by atoms with Crippen LogP contribution in [0.15, 0.2) is 17.8 Å². The maximum atomic E-state index is 10.8. The molecule has 112 valence electrons. The van der Waals surface area contributed by atoms with Crippen LogP contribution < -0.4 is 4.90 Å². The van der Waals surface area contributed by atoms with Crippen LogP contribution >= 0.6 is 11.3 Å². The van der Waals surface area contributed by atoms with Crippen LogP contribution in [0.2, 0.25) is 0 Å². The van der Waals surface area contributed by atoms with Gasteiger partial charge in [-0.15, -0.1) is 11.3 Å². The Balaban J connectivity index is 1.83. The molecule has 0 aromatic carbocycles. The zero-order valence-electron chi connectivity index (χ0n) is 11.3. The molecule has 0 spiro atoms. The highest BCUT2D eigenvalue weighted by Crippen LogP contribution is 2.28. The molecule has 1 fully saturated rings. The zero-order chi connectivity index (χ0) is 14.8. The summed E-state index contributed by atoms with van der Waals surface area (Å²) in [4.78, 5) is 23.1. The largest absolute Gasteiger partial charge is 0.480 e. The first-order valence-electron chi connectivity index (χ1n) is 6.69. The molecule has 1 atom stereocenters. The number of aromatic nitrogens is 2. The first-order valence-corrected chi connectivity index (χ1v) is 7.57. The van der Waals surface area contributed by atoms with Gasteiger partial charge in [0, 0.05) is 26.2 Å². The quantitative estimate of drug-likeness (QED) is 0.840. The number of β-amino-alcohol motifs (C(OH)–C–C–N with tert-alkyl or cyclic N) is 1. The maximum absolute atomic E-state index is 10.8. The maximum Gasteiger partial charge on any atom is 0.317 e. The number of anilines is 1. The lowest BCUT2D eigenvalue weighted by molar-refractivity contribution is -0.138. The number of aliphatic hydroxyl groups excluding tert-OH is 1. The smallest absolute Gasteiger partial charge is 0.317 e. The van der Waals surface area contributed by atoms with Gasteiger partial charge in [-0.3, -0.25) is 9.69 Å². The summed E-state index contributed by atoms with van der Waals surface area (Å²) in [7, 11) is 0. The monoisotopic (exact) mass is 308 g/mol. The molecule has 1 aliphatic rings. The number of carbonyl (C=O) groups is 1. The summed E-state index contributed by atoms with van der Waals surface area (Å²) in [5, 5.41) is 21.0. The van der Waals surface area contributed by atoms with Crippen LogP contribution in [0, 0.1) is 0 Å². The van der Waals surface area contributed by atoms with Crippen molar-refractivity contribution in [3.8, 4) is 0 Å². The molecular formula is C13H16N4O3S. The van der Waals surface area contributed by atoms with E-state index in [0.29, 0.717) is 26.2 Å². The van der Waals surface area contributed by atoms with Crippen LogP contribution in [0.5, 0.6) is 0 Å². The Labute approximate surface area is 125 Å². The molecule has 0 unspecified atom stereocenters. The number of nitrogens with zero attached hydrogens (tertiary/aromatic N) is 4. The van der Waals surface area contributed by atoms with Crippen molar-refractivity contribution < 1.29 is 15.0 Å². The van der Waals surface area contributed by atoms with Gasteiger partial charge < -0.3 is 15.1 Å². The van der Waals surface area contributed by atoms with Crippen molar-refractivity contribution in [1.82, 2.24) is 14.9 Å². The van der Waals surface area contributed by atoms with Gasteiger partial charge in [0.25, 0.3) is 0 Å². The van der Waals surface area contributed by atoms with Crippen LogP contribution in [0.1, 0.15) is 0 Å². The van der Waals surface area contributed by atoms with E-state index in [0.717, 1.165) is 16.0 Å². The minimum Gasteiger partial charge on any atom is -0.480 e. The lowest BCUT2D eigenvalue weighted by Gasteiger charge is -2.23. The molecule has 3 rings (SSSR count). The number of aliphatic hydroxyl groups is 1. The van der Waals surface area contributed by atoms with Gasteiger partial charge in [0.1, 0.15) is 12.1 Å². The molecule has 21 heavy (non-hydrogen) atoms. The number of carboxylic acid groups (broad SMARTS) is 1. The van der Waals surface area contributed by atoms with Crippen molar-refractivity contribution in [1.29, 1.82) is 0 Å². The average Bonchev–Trinajstić information content (AvgIpc) is 2.83. The summed E-state index contributed by atoms with van der Waals surface area (Å²) in [5.41, 5.74) is 0.895. The Morgan fingerprint density at radius 3 is 3.05 bits per heavy atom. The van der Waals surface area contributed by atoms with Gasteiger partial charge in [-0.25, -0.2) is 9.97 Å². The van der Waals surface area contributed by atoms with E-state index in [1.165, 1.54) is 6.33 Å². The Hall–Kier alpha value is -1.77. The lowest BCUT2D eigenvalue weighted by Crippen LogP contribution is -2.36. The SMILES string of the molecule is O=C(O)CN1CCN(c2ncnc3ccsc23)C[C@H](O)C1. The molecule has 0 aliphatic carbocycles. The second-order valence-corrected chi connectivity index (χ2v) is 5.98. The van der Waals surface area contributed by atoms with Crippen molar-refractivity contribution in [3.05, 3.63) is 17.8 Å². The lowest BCUT2D eigenvalue weighted by atomic mass is 10.3. The van der Waals surface area contributed by atoms with E-state index in [-0.39, 0.29) is 6.54 Å². The Morgan fingerprint density at radius 2 is 2.24 bits per heavy atom. The Morgan fingerprint density at radius 1 is 1.38 bits per heavy atom. The molecule has 8 heteroatoms. The van der Waals surface area contributed by atoms with Crippen LogP contribution in [0.3, 0.4) is 0 Å². The summed E-state index contributed by atoms with van der Waals surface area (Å²) < 4.78 is 0.997. The summed E-state index contributed by atoms with van der Waals surface area (Å²) in [6.07, 6.45) is 0.924. The standard InChI is InChI=1S/C13H16N4O3S/c18-9-5-16(7-11(19)20)2-3-17(6-9)13-12-10(1-4-21-12)14-8-15-13/h1,4,8-9,18H,2-3,5-7H2,(H,19,20)/t9-/m1/s1. The van der Waals surface area contributed by atoms with E-state index >= 15 is 0 Å². The predicted octanol–water partition coefficient (Wildman–Crippen LogP) is 0.259. The first kappa shape index (κ1) is 14.2. The fourth-order valence-corrected chi connectivity index (χ4v) is 3.45. The highest BCUT2D eigenvalue weighted by molar-refractivity contribution is 7.17. The molecule has 2 aromatic heterocycles. The molecule has 0 bridgehead atoms. The molecule has 0 saturated carbocycles. The number of carboxylic acids is 1. The molecule has 1 aliphatic heterocycles. The van der Waals surface area contributed by atoms with Crippen molar-refractivity contribution in [2.75, 3.05) is 37.6 Å². The fraction of sp³-hybridized carbons (Fsp3) is 0.462. The van der Waals surface area contributed by atoms with E-state index in [1.54, 1.807) is 16.2 Å². The number of rotatable bonds is 3. The van der Waals surface area contributed by atoms with E-state index in [1.807, 2.05) is 16.3 Å². The van der Waals surface area contributed by atoms with Gasteiger partial charge in [-0.05, 0) is 11.4 Å². The average molecular weight is 308 g/mol. The van der Waals surface area contributed by atoms with Crippen molar-refractivity contribution in [2.24, 2.45) is 0 Å². The molecule has 2 N–H and O–H groups in total. The molecule has 0 radical (unpaired) electrons. The number of thiophene rings is 1. The van der Waals surface area contributed by atoms with E-state index in [4.69, 9.17) is 5.11 Å². The number of hydrogen-bond acceptors (Lipinski definition) is 7. The summed E-state index contributed by atoms with van der Waals surface area (Å²) >= 11 is 1.57. The second kappa shape index (κ2) is 5.92. The van der Waals surface area contributed by atoms with Crippen molar-refractivity contribution in [3.63, 3.8) is 0 Å². The molecule has 0 amide bonds. The number of fused-ring (bicyclic) bond motifs is 1. The molecule has 7 nitrogen and oxygen atoms in total. The summed E-state index contributed by atoms with van der Waals surface area (Å²) in [5.74, 6) is -0.0652. The van der Waals surface area contributed by atoms with E-state index < -0.39 is 12.1 Å². The normalized spacial score (nSPS) is 20.6. The third kappa shape index (κ3) is 3.12. The third-order valence-electron chi connectivity index (χ3n) is 3.47.